The van der Waals surface area contributed by atoms with E-state index in [2.05, 4.69) is 21.9 Å². The average Bonchev–Trinajstić information content (AvgIpc) is 2.17. The number of carboxylic acids is 1. The molecule has 0 aliphatic rings. The first kappa shape index (κ1) is 11.8. The van der Waals surface area contributed by atoms with Gasteiger partial charge in [-0.05, 0) is 24.1 Å². The molecule has 2 nitrogen and oxygen atoms in total. The van der Waals surface area contributed by atoms with Crippen molar-refractivity contribution in [1.29, 1.82) is 0 Å². The van der Waals surface area contributed by atoms with Gasteiger partial charge in [0.1, 0.15) is 0 Å². The standard InChI is InChI=1S/C12H11BrO2/c1-2-4-10(12(14)15)7-9-5-3-6-11(13)8-9/h1,3,5-6,8,10H,4,7H2,(H,14,15). The fraction of sp³-hybridized carbons (Fsp3) is 0.250. The lowest BCUT2D eigenvalue weighted by molar-refractivity contribution is -0.141. The normalized spacial score (nSPS) is 11.7. The predicted molar refractivity (Wildman–Crippen MR) is 62.4 cm³/mol. The molecule has 0 amide bonds. The number of hydrogen-bond donors (Lipinski definition) is 1. The van der Waals surface area contributed by atoms with Crippen molar-refractivity contribution in [3.63, 3.8) is 0 Å². The molecule has 0 saturated heterocycles. The Morgan fingerprint density at radius 1 is 1.60 bits per heavy atom. The van der Waals surface area contributed by atoms with Crippen LogP contribution in [0.5, 0.6) is 0 Å². The molecule has 78 valence electrons. The largest absolute Gasteiger partial charge is 0.481 e. The van der Waals surface area contributed by atoms with Crippen LogP contribution < -0.4 is 0 Å². The van der Waals surface area contributed by atoms with Crippen molar-refractivity contribution in [3.05, 3.63) is 34.3 Å². The van der Waals surface area contributed by atoms with Crippen LogP contribution in [-0.2, 0) is 11.2 Å². The van der Waals surface area contributed by atoms with Crippen molar-refractivity contribution in [2.45, 2.75) is 12.8 Å². The summed E-state index contributed by atoms with van der Waals surface area (Å²) in [5, 5.41) is 8.93. The van der Waals surface area contributed by atoms with Gasteiger partial charge in [0.15, 0.2) is 0 Å². The Bertz CT molecular complexity index is 393. The Labute approximate surface area is 97.4 Å². The molecule has 1 atom stereocenters. The van der Waals surface area contributed by atoms with E-state index < -0.39 is 11.9 Å². The van der Waals surface area contributed by atoms with E-state index >= 15 is 0 Å². The van der Waals surface area contributed by atoms with Crippen LogP contribution in [0.25, 0.3) is 0 Å². The van der Waals surface area contributed by atoms with Crippen LogP contribution in [0.4, 0.5) is 0 Å². The topological polar surface area (TPSA) is 37.3 Å². The number of aliphatic carboxylic acids is 1. The van der Waals surface area contributed by atoms with Gasteiger partial charge in [-0.25, -0.2) is 0 Å². The highest BCUT2D eigenvalue weighted by atomic mass is 79.9. The van der Waals surface area contributed by atoms with Crippen molar-refractivity contribution in [2.24, 2.45) is 5.92 Å². The van der Waals surface area contributed by atoms with Gasteiger partial charge in [0.05, 0.1) is 5.92 Å². The van der Waals surface area contributed by atoms with Crippen LogP contribution >= 0.6 is 15.9 Å². The summed E-state index contributed by atoms with van der Waals surface area (Å²) >= 11 is 3.34. The molecule has 0 saturated carbocycles. The number of carbonyl (C=O) groups is 1. The molecule has 3 heteroatoms. The molecule has 1 rings (SSSR count). The fourth-order valence-corrected chi connectivity index (χ4v) is 1.78. The van der Waals surface area contributed by atoms with E-state index in [-0.39, 0.29) is 6.42 Å². The molecule has 1 unspecified atom stereocenters. The smallest absolute Gasteiger partial charge is 0.307 e. The zero-order valence-corrected chi connectivity index (χ0v) is 9.70. The Hall–Kier alpha value is -1.27. The van der Waals surface area contributed by atoms with Crippen LogP contribution in [0.3, 0.4) is 0 Å². The minimum Gasteiger partial charge on any atom is -0.481 e. The lowest BCUT2D eigenvalue weighted by Gasteiger charge is -2.09. The summed E-state index contributed by atoms with van der Waals surface area (Å²) in [5.74, 6) is 1.06. The highest BCUT2D eigenvalue weighted by Gasteiger charge is 2.16. The minimum atomic E-state index is -0.840. The van der Waals surface area contributed by atoms with Crippen molar-refractivity contribution >= 4 is 21.9 Å². The van der Waals surface area contributed by atoms with Crippen LogP contribution in [0.15, 0.2) is 28.7 Å². The van der Waals surface area contributed by atoms with Crippen LogP contribution in [0, 0.1) is 18.3 Å². The summed E-state index contributed by atoms with van der Waals surface area (Å²) in [5.41, 5.74) is 0.979. The van der Waals surface area contributed by atoms with Gasteiger partial charge in [0, 0.05) is 10.9 Å². The molecule has 0 spiro atoms. The zero-order valence-electron chi connectivity index (χ0n) is 8.11. The summed E-state index contributed by atoms with van der Waals surface area (Å²) < 4.78 is 0.949. The monoisotopic (exact) mass is 266 g/mol. The average molecular weight is 267 g/mol. The second-order valence-corrected chi connectivity index (χ2v) is 4.19. The minimum absolute atomic E-state index is 0.266. The molecule has 1 aromatic rings. The number of rotatable bonds is 4. The van der Waals surface area contributed by atoms with E-state index in [1.165, 1.54) is 0 Å². The number of benzene rings is 1. The summed E-state index contributed by atoms with van der Waals surface area (Å²) in [7, 11) is 0. The van der Waals surface area contributed by atoms with Crippen molar-refractivity contribution in [3.8, 4) is 12.3 Å². The van der Waals surface area contributed by atoms with Gasteiger partial charge >= 0.3 is 5.97 Å². The number of halogens is 1. The molecular weight excluding hydrogens is 256 g/mol. The lowest BCUT2D eigenvalue weighted by Crippen LogP contribution is -2.15. The van der Waals surface area contributed by atoms with E-state index in [1.54, 1.807) is 0 Å². The second kappa shape index (κ2) is 5.57. The zero-order chi connectivity index (χ0) is 11.3. The molecule has 0 aromatic heterocycles. The first-order valence-electron chi connectivity index (χ1n) is 4.54. The van der Waals surface area contributed by atoms with Crippen molar-refractivity contribution in [2.75, 3.05) is 0 Å². The Morgan fingerprint density at radius 3 is 2.87 bits per heavy atom. The van der Waals surface area contributed by atoms with Crippen molar-refractivity contribution < 1.29 is 9.90 Å². The van der Waals surface area contributed by atoms with Gasteiger partial charge < -0.3 is 5.11 Å². The van der Waals surface area contributed by atoms with E-state index in [0.29, 0.717) is 6.42 Å². The third kappa shape index (κ3) is 3.77. The fourth-order valence-electron chi connectivity index (χ4n) is 1.34. The first-order valence-corrected chi connectivity index (χ1v) is 5.33. The third-order valence-corrected chi connectivity index (χ3v) is 2.58. The molecule has 0 fully saturated rings. The molecule has 0 heterocycles. The van der Waals surface area contributed by atoms with Gasteiger partial charge in [-0.15, -0.1) is 12.3 Å². The summed E-state index contributed by atoms with van der Waals surface area (Å²) in [4.78, 5) is 10.9. The Kier molecular flexibility index (Phi) is 4.38. The third-order valence-electron chi connectivity index (χ3n) is 2.08. The molecule has 1 aromatic carbocycles. The molecule has 0 aliphatic heterocycles. The maximum absolute atomic E-state index is 10.9. The van der Waals surface area contributed by atoms with Crippen LogP contribution in [0.2, 0.25) is 0 Å². The molecular formula is C12H11BrO2. The number of hydrogen-bond acceptors (Lipinski definition) is 1. The van der Waals surface area contributed by atoms with E-state index in [9.17, 15) is 4.79 Å². The summed E-state index contributed by atoms with van der Waals surface area (Å²) in [6.07, 6.45) is 5.87. The van der Waals surface area contributed by atoms with Crippen LogP contribution in [-0.4, -0.2) is 11.1 Å². The summed E-state index contributed by atoms with van der Waals surface area (Å²) in [6, 6.07) is 7.60. The first-order chi connectivity index (χ1) is 7.13. The quantitative estimate of drug-likeness (QED) is 0.851. The van der Waals surface area contributed by atoms with Gasteiger partial charge in [-0.2, -0.15) is 0 Å². The van der Waals surface area contributed by atoms with E-state index in [1.807, 2.05) is 24.3 Å². The molecule has 1 N–H and O–H groups in total. The maximum Gasteiger partial charge on any atom is 0.307 e. The summed E-state index contributed by atoms with van der Waals surface area (Å²) in [6.45, 7) is 0. The Morgan fingerprint density at radius 2 is 2.33 bits per heavy atom. The number of terminal acetylenes is 1. The van der Waals surface area contributed by atoms with E-state index in [0.717, 1.165) is 10.0 Å². The molecule has 0 radical (unpaired) electrons. The van der Waals surface area contributed by atoms with Gasteiger partial charge in [-0.1, -0.05) is 28.1 Å². The van der Waals surface area contributed by atoms with Gasteiger partial charge in [-0.3, -0.25) is 4.79 Å². The highest BCUT2D eigenvalue weighted by Crippen LogP contribution is 2.16. The van der Waals surface area contributed by atoms with Gasteiger partial charge in [0.25, 0.3) is 0 Å². The number of carboxylic acid groups (broad SMARTS) is 1. The predicted octanol–water partition coefficient (Wildman–Crippen LogP) is 2.72. The highest BCUT2D eigenvalue weighted by molar-refractivity contribution is 9.10. The van der Waals surface area contributed by atoms with E-state index in [4.69, 9.17) is 11.5 Å². The second-order valence-electron chi connectivity index (χ2n) is 3.28. The SMILES string of the molecule is C#CCC(Cc1cccc(Br)c1)C(=O)O. The lowest BCUT2D eigenvalue weighted by atomic mass is 9.97. The molecule has 15 heavy (non-hydrogen) atoms. The molecule has 0 aliphatic carbocycles. The maximum atomic E-state index is 10.9. The van der Waals surface area contributed by atoms with Crippen molar-refractivity contribution in [1.82, 2.24) is 0 Å². The Balaban J connectivity index is 2.75. The molecule has 0 bridgehead atoms. The van der Waals surface area contributed by atoms with Crippen LogP contribution in [0.1, 0.15) is 12.0 Å². The van der Waals surface area contributed by atoms with Gasteiger partial charge in [0.2, 0.25) is 0 Å².